The van der Waals surface area contributed by atoms with Crippen LogP contribution in [-0.4, -0.2) is 39.4 Å². The first kappa shape index (κ1) is 20.7. The number of hydrogen-bond donors (Lipinski definition) is 2. The fourth-order valence-electron chi connectivity index (χ4n) is 2.31. The van der Waals surface area contributed by atoms with Crippen LogP contribution in [0.5, 0.6) is 11.5 Å². The summed E-state index contributed by atoms with van der Waals surface area (Å²) >= 11 is 2.47. The first-order valence-electron chi connectivity index (χ1n) is 8.43. The summed E-state index contributed by atoms with van der Waals surface area (Å²) in [5.74, 6) is 1.32. The second-order valence-electron chi connectivity index (χ2n) is 5.79. The molecule has 0 unspecified atom stereocenters. The average molecular weight is 434 g/mol. The van der Waals surface area contributed by atoms with Crippen molar-refractivity contribution in [3.63, 3.8) is 0 Å². The molecule has 9 nitrogen and oxygen atoms in total. The van der Waals surface area contributed by atoms with Crippen molar-refractivity contribution in [2.75, 3.05) is 18.2 Å². The van der Waals surface area contributed by atoms with Crippen LogP contribution in [0, 0.1) is 0 Å². The molecule has 3 aromatic rings. The molecule has 0 saturated carbocycles. The number of methoxy groups -OCH3 is 1. The molecule has 0 aliphatic rings. The van der Waals surface area contributed by atoms with E-state index in [9.17, 15) is 9.59 Å². The maximum Gasteiger partial charge on any atom is 0.251 e. The lowest BCUT2D eigenvalue weighted by Gasteiger charge is -2.07. The molecule has 0 atom stereocenters. The number of amides is 2. The molecule has 0 saturated heterocycles. The summed E-state index contributed by atoms with van der Waals surface area (Å²) in [5.41, 5.74) is 5.58. The number of ether oxygens (including phenoxy) is 2. The molecule has 0 aliphatic heterocycles. The highest BCUT2D eigenvalue weighted by Crippen LogP contribution is 2.24. The van der Waals surface area contributed by atoms with Gasteiger partial charge in [-0.1, -0.05) is 11.8 Å². The molecule has 152 valence electrons. The summed E-state index contributed by atoms with van der Waals surface area (Å²) < 4.78 is 12.6. The minimum absolute atomic E-state index is 0.113. The molecule has 2 heterocycles. The molecule has 0 aliphatic carbocycles. The molecule has 2 aromatic heterocycles. The van der Waals surface area contributed by atoms with Gasteiger partial charge in [-0.2, -0.15) is 0 Å². The summed E-state index contributed by atoms with van der Waals surface area (Å²) in [4.78, 5) is 23.5. The fraction of sp³-hybridized carbons (Fsp3) is 0.222. The van der Waals surface area contributed by atoms with Gasteiger partial charge in [0.25, 0.3) is 5.91 Å². The number of hydrogen-bond acceptors (Lipinski definition) is 8. The van der Waals surface area contributed by atoms with Crippen LogP contribution in [0.15, 0.2) is 40.9 Å². The van der Waals surface area contributed by atoms with Gasteiger partial charge in [0.2, 0.25) is 5.91 Å². The Labute approximate surface area is 175 Å². The Morgan fingerprint density at radius 1 is 1.21 bits per heavy atom. The van der Waals surface area contributed by atoms with Crippen molar-refractivity contribution in [3.05, 3.63) is 47.1 Å². The number of nitrogens with one attached hydrogen (secondary N) is 1. The maximum absolute atomic E-state index is 12.2. The van der Waals surface area contributed by atoms with Crippen LogP contribution in [0.4, 0.5) is 5.00 Å². The number of thioether (sulfide) groups is 1. The van der Waals surface area contributed by atoms with Gasteiger partial charge in [-0.15, -0.1) is 21.5 Å². The predicted octanol–water partition coefficient (Wildman–Crippen LogP) is 2.29. The van der Waals surface area contributed by atoms with E-state index in [0.717, 1.165) is 5.75 Å². The van der Waals surface area contributed by atoms with Gasteiger partial charge < -0.3 is 25.1 Å². The summed E-state index contributed by atoms with van der Waals surface area (Å²) in [5, 5.41) is 13.6. The monoisotopic (exact) mass is 433 g/mol. The van der Waals surface area contributed by atoms with Crippen LogP contribution in [-0.2, 0) is 18.4 Å². The number of nitrogens with zero attached hydrogens (tertiary/aromatic N) is 3. The zero-order chi connectivity index (χ0) is 20.8. The zero-order valence-corrected chi connectivity index (χ0v) is 17.4. The Morgan fingerprint density at radius 2 is 1.93 bits per heavy atom. The molecule has 0 fully saturated rings. The van der Waals surface area contributed by atoms with Crippen LogP contribution in [0.25, 0.3) is 0 Å². The Kier molecular flexibility index (Phi) is 6.73. The average Bonchev–Trinajstić information content (AvgIpc) is 3.32. The number of thiophene rings is 1. The molecule has 3 N–H and O–H groups in total. The molecule has 11 heteroatoms. The number of benzene rings is 1. The van der Waals surface area contributed by atoms with Gasteiger partial charge in [0.15, 0.2) is 11.0 Å². The normalized spacial score (nSPS) is 10.6. The SMILES string of the molecule is COc1ccc(OCc2nnc(SCC(=O)Nc3sccc3C(N)=O)n2C)cc1. The predicted molar refractivity (Wildman–Crippen MR) is 111 cm³/mol. The Balaban J connectivity index is 1.53. The lowest BCUT2D eigenvalue weighted by molar-refractivity contribution is -0.113. The molecular weight excluding hydrogens is 414 g/mol. The van der Waals surface area contributed by atoms with Crippen molar-refractivity contribution in [3.8, 4) is 11.5 Å². The van der Waals surface area contributed by atoms with Gasteiger partial charge in [-0.25, -0.2) is 0 Å². The molecule has 2 amide bonds. The molecule has 3 rings (SSSR count). The minimum atomic E-state index is -0.580. The quantitative estimate of drug-likeness (QED) is 0.497. The van der Waals surface area contributed by atoms with E-state index in [4.69, 9.17) is 15.2 Å². The lowest BCUT2D eigenvalue weighted by Crippen LogP contribution is -2.18. The third-order valence-electron chi connectivity index (χ3n) is 3.87. The summed E-state index contributed by atoms with van der Waals surface area (Å²) in [6, 6.07) is 8.81. The van der Waals surface area contributed by atoms with Crippen molar-refractivity contribution >= 4 is 39.9 Å². The van der Waals surface area contributed by atoms with Gasteiger partial charge in [-0.3, -0.25) is 9.59 Å². The minimum Gasteiger partial charge on any atom is -0.497 e. The number of anilines is 1. The Bertz CT molecular complexity index is 1000. The highest BCUT2D eigenvalue weighted by molar-refractivity contribution is 7.99. The first-order chi connectivity index (χ1) is 14.0. The van der Waals surface area contributed by atoms with Crippen LogP contribution in [0.1, 0.15) is 16.2 Å². The smallest absolute Gasteiger partial charge is 0.251 e. The Morgan fingerprint density at radius 3 is 2.62 bits per heavy atom. The second-order valence-corrected chi connectivity index (χ2v) is 7.65. The second kappa shape index (κ2) is 9.43. The van der Waals surface area contributed by atoms with E-state index in [2.05, 4.69) is 15.5 Å². The van der Waals surface area contributed by atoms with E-state index in [-0.39, 0.29) is 18.3 Å². The number of nitrogens with two attached hydrogens (primary N) is 1. The van der Waals surface area contributed by atoms with Crippen molar-refractivity contribution in [2.24, 2.45) is 12.8 Å². The van der Waals surface area contributed by atoms with E-state index >= 15 is 0 Å². The molecular formula is C18H19N5O4S2. The lowest BCUT2D eigenvalue weighted by atomic mass is 10.3. The van der Waals surface area contributed by atoms with Crippen molar-refractivity contribution in [2.45, 2.75) is 11.8 Å². The van der Waals surface area contributed by atoms with Crippen LogP contribution >= 0.6 is 23.1 Å². The first-order valence-corrected chi connectivity index (χ1v) is 10.3. The van der Waals surface area contributed by atoms with Crippen molar-refractivity contribution < 1.29 is 19.1 Å². The van der Waals surface area contributed by atoms with E-state index in [1.54, 1.807) is 42.3 Å². The Hall–Kier alpha value is -3.05. The molecule has 1 aromatic carbocycles. The summed E-state index contributed by atoms with van der Waals surface area (Å²) in [7, 11) is 3.41. The van der Waals surface area contributed by atoms with Gasteiger partial charge in [0, 0.05) is 7.05 Å². The molecule has 0 spiro atoms. The topological polar surface area (TPSA) is 121 Å². The highest BCUT2D eigenvalue weighted by atomic mass is 32.2. The van der Waals surface area contributed by atoms with Gasteiger partial charge in [-0.05, 0) is 35.7 Å². The van der Waals surface area contributed by atoms with Gasteiger partial charge >= 0.3 is 0 Å². The van der Waals surface area contributed by atoms with Crippen LogP contribution < -0.4 is 20.5 Å². The molecule has 0 bridgehead atoms. The number of aromatic nitrogens is 3. The van der Waals surface area contributed by atoms with Crippen molar-refractivity contribution in [1.29, 1.82) is 0 Å². The number of carbonyl (C=O) groups excluding carboxylic acids is 2. The van der Waals surface area contributed by atoms with Gasteiger partial charge in [0.05, 0.1) is 18.4 Å². The largest absolute Gasteiger partial charge is 0.497 e. The number of rotatable bonds is 9. The fourth-order valence-corrected chi connectivity index (χ4v) is 3.85. The van der Waals surface area contributed by atoms with Crippen LogP contribution in [0.3, 0.4) is 0 Å². The summed E-state index contributed by atoms with van der Waals surface area (Å²) in [6.07, 6.45) is 0. The van der Waals surface area contributed by atoms with Gasteiger partial charge in [0.1, 0.15) is 23.1 Å². The number of primary amides is 1. The third-order valence-corrected chi connectivity index (χ3v) is 5.72. The van der Waals surface area contributed by atoms with Crippen molar-refractivity contribution in [1.82, 2.24) is 14.8 Å². The van der Waals surface area contributed by atoms with E-state index in [1.807, 2.05) is 12.1 Å². The molecule has 0 radical (unpaired) electrons. The highest BCUT2D eigenvalue weighted by Gasteiger charge is 2.15. The van der Waals surface area contributed by atoms with Crippen LogP contribution in [0.2, 0.25) is 0 Å². The maximum atomic E-state index is 12.2. The van der Waals surface area contributed by atoms with E-state index < -0.39 is 5.91 Å². The summed E-state index contributed by atoms with van der Waals surface area (Å²) in [6.45, 7) is 0.236. The standard InChI is InChI=1S/C18H19N5O4S2/c1-23-14(9-27-12-5-3-11(26-2)4-6-12)21-22-18(23)29-10-15(24)20-17-13(16(19)25)7-8-28-17/h3-8H,9-10H2,1-2H3,(H2,19,25)(H,20,24). The molecule has 29 heavy (non-hydrogen) atoms. The third kappa shape index (κ3) is 5.27. The number of carbonyl (C=O) groups is 2. The van der Waals surface area contributed by atoms with E-state index in [0.29, 0.717) is 27.3 Å². The zero-order valence-electron chi connectivity index (χ0n) is 15.7. The van der Waals surface area contributed by atoms with E-state index in [1.165, 1.54) is 23.1 Å².